The lowest BCUT2D eigenvalue weighted by Gasteiger charge is -2.32. The van der Waals surface area contributed by atoms with E-state index in [1.807, 2.05) is 32.0 Å². The maximum Gasteiger partial charge on any atom is 0.253 e. The summed E-state index contributed by atoms with van der Waals surface area (Å²) in [5, 5.41) is 12.9. The Hall–Kier alpha value is -2.60. The van der Waals surface area contributed by atoms with E-state index in [0.717, 1.165) is 43.6 Å². The minimum atomic E-state index is -0.0514. The monoisotopic (exact) mass is 369 g/mol. The maximum absolute atomic E-state index is 12.4. The lowest BCUT2D eigenvalue weighted by Crippen LogP contribution is -2.44. The van der Waals surface area contributed by atoms with Crippen LogP contribution in [0.1, 0.15) is 41.3 Å². The Balaban J connectivity index is 1.50. The fourth-order valence-corrected chi connectivity index (χ4v) is 3.37. The molecule has 2 N–H and O–H groups in total. The van der Waals surface area contributed by atoms with Crippen molar-refractivity contribution in [1.29, 1.82) is 0 Å². The molecule has 1 saturated heterocycles. The van der Waals surface area contributed by atoms with E-state index in [1.54, 1.807) is 18.5 Å². The number of nitrogens with one attached hydrogen (secondary N) is 1. The van der Waals surface area contributed by atoms with Gasteiger partial charge in [0.2, 0.25) is 0 Å². The van der Waals surface area contributed by atoms with E-state index in [1.165, 1.54) is 0 Å². The number of aromatic hydroxyl groups is 1. The number of hydrogen-bond acceptors (Lipinski definition) is 5. The van der Waals surface area contributed by atoms with Crippen molar-refractivity contribution in [2.24, 2.45) is 0 Å². The second-order valence-corrected chi connectivity index (χ2v) is 7.01. The molecule has 1 fully saturated rings. The van der Waals surface area contributed by atoms with Gasteiger partial charge in [-0.25, -0.2) is 0 Å². The van der Waals surface area contributed by atoms with E-state index in [0.29, 0.717) is 17.9 Å². The number of phenolic OH excluding ortho intramolecular Hbond substituents is 1. The van der Waals surface area contributed by atoms with Crippen LogP contribution in [0, 0.1) is 6.92 Å². The number of likely N-dealkylation sites (tertiary alicyclic amines) is 1. The first-order valence-electron chi connectivity index (χ1n) is 9.44. The number of piperidine rings is 1. The first-order chi connectivity index (χ1) is 13.0. The Bertz CT molecular complexity index is 786. The molecule has 0 unspecified atom stereocenters. The Labute approximate surface area is 160 Å². The summed E-state index contributed by atoms with van der Waals surface area (Å²) in [6, 6.07) is 7.56. The number of pyridine rings is 1. The molecular weight excluding hydrogens is 342 g/mol. The fraction of sp³-hybridized carbons (Fsp3) is 0.429. The van der Waals surface area contributed by atoms with Gasteiger partial charge in [0.25, 0.3) is 5.91 Å². The number of carbonyl (C=O) groups is 1. The lowest BCUT2D eigenvalue weighted by molar-refractivity contribution is 0.0908. The molecule has 1 aliphatic rings. The zero-order chi connectivity index (χ0) is 19.2. The van der Waals surface area contributed by atoms with Crippen LogP contribution >= 0.6 is 0 Å². The summed E-state index contributed by atoms with van der Waals surface area (Å²) < 4.78 is 5.46. The van der Waals surface area contributed by atoms with E-state index in [-0.39, 0.29) is 17.7 Å². The van der Waals surface area contributed by atoms with E-state index in [9.17, 15) is 9.90 Å². The summed E-state index contributed by atoms with van der Waals surface area (Å²) in [7, 11) is 0. The van der Waals surface area contributed by atoms with Crippen LogP contribution in [0.4, 0.5) is 0 Å². The lowest BCUT2D eigenvalue weighted by atomic mass is 10.0. The SMILES string of the molecule is CCOc1cc(CN2CCC(NC(=O)c3cncc(C)c3)CC2)ccc1O. The van der Waals surface area contributed by atoms with Crippen molar-refractivity contribution in [1.82, 2.24) is 15.2 Å². The van der Waals surface area contributed by atoms with Crippen LogP contribution in [0.2, 0.25) is 0 Å². The van der Waals surface area contributed by atoms with Gasteiger partial charge in [-0.3, -0.25) is 14.7 Å². The average molecular weight is 369 g/mol. The molecule has 0 saturated carbocycles. The van der Waals surface area contributed by atoms with Gasteiger partial charge in [-0.2, -0.15) is 0 Å². The number of phenols is 1. The normalized spacial score (nSPS) is 15.5. The van der Waals surface area contributed by atoms with Crippen LogP contribution in [-0.2, 0) is 6.54 Å². The second kappa shape index (κ2) is 8.86. The fourth-order valence-electron chi connectivity index (χ4n) is 3.37. The van der Waals surface area contributed by atoms with Gasteiger partial charge in [0.05, 0.1) is 12.2 Å². The third-order valence-corrected chi connectivity index (χ3v) is 4.79. The third-order valence-electron chi connectivity index (χ3n) is 4.79. The number of carbonyl (C=O) groups excluding carboxylic acids is 1. The molecule has 27 heavy (non-hydrogen) atoms. The van der Waals surface area contributed by atoms with E-state index in [4.69, 9.17) is 4.74 Å². The molecule has 144 valence electrons. The van der Waals surface area contributed by atoms with Gasteiger partial charge < -0.3 is 15.2 Å². The number of aryl methyl sites for hydroxylation is 1. The molecule has 6 heteroatoms. The highest BCUT2D eigenvalue weighted by molar-refractivity contribution is 5.94. The molecule has 1 amide bonds. The molecule has 0 spiro atoms. The minimum Gasteiger partial charge on any atom is -0.504 e. The van der Waals surface area contributed by atoms with Gasteiger partial charge in [0, 0.05) is 38.1 Å². The summed E-state index contributed by atoms with van der Waals surface area (Å²) in [6.07, 6.45) is 5.19. The van der Waals surface area contributed by atoms with Crippen LogP contribution in [0.3, 0.4) is 0 Å². The number of amides is 1. The predicted molar refractivity (Wildman–Crippen MR) is 104 cm³/mol. The summed E-state index contributed by atoms with van der Waals surface area (Å²) in [5.41, 5.74) is 2.72. The highest BCUT2D eigenvalue weighted by Gasteiger charge is 2.21. The zero-order valence-electron chi connectivity index (χ0n) is 15.9. The smallest absolute Gasteiger partial charge is 0.253 e. The Morgan fingerprint density at radius 2 is 2.07 bits per heavy atom. The molecule has 1 aliphatic heterocycles. The van der Waals surface area contributed by atoms with Gasteiger partial charge >= 0.3 is 0 Å². The van der Waals surface area contributed by atoms with Crippen molar-refractivity contribution in [3.05, 3.63) is 53.3 Å². The van der Waals surface area contributed by atoms with E-state index < -0.39 is 0 Å². The predicted octanol–water partition coefficient (Wildman–Crippen LogP) is 2.89. The standard InChI is InChI=1S/C21H27N3O3/c1-3-27-20-11-16(4-5-19(20)25)14-24-8-6-18(7-9-24)23-21(26)17-10-15(2)12-22-13-17/h4-5,10-13,18,25H,3,6-9,14H2,1-2H3,(H,23,26). The van der Waals surface area contributed by atoms with Crippen molar-refractivity contribution in [3.63, 3.8) is 0 Å². The van der Waals surface area contributed by atoms with Gasteiger partial charge in [-0.1, -0.05) is 6.07 Å². The summed E-state index contributed by atoms with van der Waals surface area (Å²) in [5.74, 6) is 0.654. The molecule has 2 aromatic rings. The molecule has 0 aliphatic carbocycles. The van der Waals surface area contributed by atoms with Crippen molar-refractivity contribution in [2.75, 3.05) is 19.7 Å². The zero-order valence-corrected chi connectivity index (χ0v) is 15.9. The van der Waals surface area contributed by atoms with Gasteiger partial charge in [0.15, 0.2) is 11.5 Å². The molecule has 0 radical (unpaired) electrons. The van der Waals surface area contributed by atoms with Crippen LogP contribution < -0.4 is 10.1 Å². The molecule has 0 bridgehead atoms. The number of rotatable bonds is 6. The van der Waals surface area contributed by atoms with Crippen LogP contribution in [0.25, 0.3) is 0 Å². The Morgan fingerprint density at radius 1 is 1.30 bits per heavy atom. The number of hydrogen-bond donors (Lipinski definition) is 2. The van der Waals surface area contributed by atoms with Crippen LogP contribution in [-0.4, -0.2) is 46.6 Å². The molecular formula is C21H27N3O3. The first kappa shape index (κ1) is 19.2. The van der Waals surface area contributed by atoms with E-state index in [2.05, 4.69) is 15.2 Å². The van der Waals surface area contributed by atoms with Crippen molar-refractivity contribution in [3.8, 4) is 11.5 Å². The maximum atomic E-state index is 12.4. The van der Waals surface area contributed by atoms with E-state index >= 15 is 0 Å². The quantitative estimate of drug-likeness (QED) is 0.819. The number of nitrogens with zero attached hydrogens (tertiary/aromatic N) is 2. The Kier molecular flexibility index (Phi) is 6.29. The van der Waals surface area contributed by atoms with Crippen LogP contribution in [0.15, 0.2) is 36.7 Å². The number of aromatic nitrogens is 1. The third kappa shape index (κ3) is 5.20. The summed E-state index contributed by atoms with van der Waals surface area (Å²) >= 11 is 0. The summed E-state index contributed by atoms with van der Waals surface area (Å²) in [4.78, 5) is 18.8. The molecule has 1 aromatic heterocycles. The molecule has 2 heterocycles. The minimum absolute atomic E-state index is 0.0514. The second-order valence-electron chi connectivity index (χ2n) is 7.01. The Morgan fingerprint density at radius 3 is 2.78 bits per heavy atom. The van der Waals surface area contributed by atoms with Gasteiger partial charge in [-0.05, 0) is 56.0 Å². The summed E-state index contributed by atoms with van der Waals surface area (Å²) in [6.45, 7) is 7.01. The van der Waals surface area contributed by atoms with Crippen molar-refractivity contribution >= 4 is 5.91 Å². The molecule has 6 nitrogen and oxygen atoms in total. The number of benzene rings is 1. The molecule has 1 aromatic carbocycles. The average Bonchev–Trinajstić information content (AvgIpc) is 2.66. The van der Waals surface area contributed by atoms with Crippen LogP contribution in [0.5, 0.6) is 11.5 Å². The van der Waals surface area contributed by atoms with Crippen molar-refractivity contribution in [2.45, 2.75) is 39.3 Å². The van der Waals surface area contributed by atoms with Gasteiger partial charge in [0.1, 0.15) is 0 Å². The van der Waals surface area contributed by atoms with Crippen molar-refractivity contribution < 1.29 is 14.6 Å². The molecule has 0 atom stereocenters. The highest BCUT2D eigenvalue weighted by Crippen LogP contribution is 2.27. The highest BCUT2D eigenvalue weighted by atomic mass is 16.5. The topological polar surface area (TPSA) is 74.7 Å². The first-order valence-corrected chi connectivity index (χ1v) is 9.44. The molecule has 3 rings (SSSR count). The van der Waals surface area contributed by atoms with Gasteiger partial charge in [-0.15, -0.1) is 0 Å². The number of ether oxygens (including phenoxy) is 1. The largest absolute Gasteiger partial charge is 0.504 e.